The van der Waals surface area contributed by atoms with Crippen molar-refractivity contribution in [3.8, 4) is 0 Å². The van der Waals surface area contributed by atoms with Gasteiger partial charge in [-0.3, -0.25) is 9.59 Å². The van der Waals surface area contributed by atoms with Crippen LogP contribution < -0.4 is 5.32 Å². The molecule has 0 saturated heterocycles. The van der Waals surface area contributed by atoms with Crippen LogP contribution >= 0.6 is 11.3 Å². The van der Waals surface area contributed by atoms with Gasteiger partial charge in [-0.05, 0) is 29.3 Å². The van der Waals surface area contributed by atoms with E-state index in [9.17, 15) is 9.59 Å². The molecule has 2 aromatic heterocycles. The van der Waals surface area contributed by atoms with E-state index in [1.165, 1.54) is 0 Å². The van der Waals surface area contributed by atoms with E-state index >= 15 is 0 Å². The molecule has 3 rings (SSSR count). The van der Waals surface area contributed by atoms with Gasteiger partial charge < -0.3 is 14.7 Å². The third kappa shape index (κ3) is 6.56. The topological polar surface area (TPSA) is 75.4 Å². The molecule has 30 heavy (non-hydrogen) atoms. The lowest BCUT2D eigenvalue weighted by Gasteiger charge is -2.21. The van der Waals surface area contributed by atoms with Crippen LogP contribution in [0.25, 0.3) is 0 Å². The van der Waals surface area contributed by atoms with Crippen LogP contribution in [0.15, 0.2) is 58.4 Å². The molecule has 0 aliphatic carbocycles. The van der Waals surface area contributed by atoms with Crippen LogP contribution in [0.5, 0.6) is 0 Å². The van der Waals surface area contributed by atoms with Crippen molar-refractivity contribution >= 4 is 23.2 Å². The number of nitrogens with zero attached hydrogens (tertiary/aromatic N) is 2. The Balaban J connectivity index is 1.65. The fraction of sp³-hybridized carbons (Fsp3) is 0.348. The summed E-state index contributed by atoms with van der Waals surface area (Å²) in [5.41, 5.74) is 1.36. The molecule has 1 aromatic carbocycles. The van der Waals surface area contributed by atoms with Crippen molar-refractivity contribution in [1.29, 1.82) is 0 Å². The van der Waals surface area contributed by atoms with Gasteiger partial charge in [0.25, 0.3) is 5.91 Å². The van der Waals surface area contributed by atoms with Crippen molar-refractivity contribution < 1.29 is 14.1 Å². The maximum atomic E-state index is 13.0. The van der Waals surface area contributed by atoms with Crippen molar-refractivity contribution in [3.63, 3.8) is 0 Å². The molecule has 2 amide bonds. The molecule has 0 unspecified atom stereocenters. The number of nitrogens with one attached hydrogen (secondary N) is 1. The number of aryl methyl sites for hydroxylation is 1. The predicted molar refractivity (Wildman–Crippen MR) is 117 cm³/mol. The summed E-state index contributed by atoms with van der Waals surface area (Å²) in [5, 5.41) is 8.69. The maximum absolute atomic E-state index is 13.0. The Labute approximate surface area is 180 Å². The normalized spacial score (nSPS) is 10.9. The first-order valence-corrected chi connectivity index (χ1v) is 11.0. The van der Waals surface area contributed by atoms with Crippen LogP contribution in [-0.2, 0) is 24.3 Å². The smallest absolute Gasteiger partial charge is 0.273 e. The third-order valence-electron chi connectivity index (χ3n) is 4.56. The first-order chi connectivity index (χ1) is 14.5. The van der Waals surface area contributed by atoms with E-state index in [1.54, 1.807) is 22.3 Å². The van der Waals surface area contributed by atoms with Crippen LogP contribution in [0.4, 0.5) is 0 Å². The van der Waals surface area contributed by atoms with Gasteiger partial charge in [0, 0.05) is 23.9 Å². The second-order valence-corrected chi connectivity index (χ2v) is 8.63. The first-order valence-electron chi connectivity index (χ1n) is 10.1. The molecule has 0 spiro atoms. The average Bonchev–Trinajstić information content (AvgIpc) is 3.43. The average molecular weight is 426 g/mol. The highest BCUT2D eigenvalue weighted by Gasteiger charge is 2.19. The Morgan fingerprint density at radius 1 is 1.13 bits per heavy atom. The monoisotopic (exact) mass is 425 g/mol. The van der Waals surface area contributed by atoms with E-state index in [-0.39, 0.29) is 24.1 Å². The molecule has 2 heterocycles. The highest BCUT2D eigenvalue weighted by Crippen LogP contribution is 2.17. The summed E-state index contributed by atoms with van der Waals surface area (Å²) < 4.78 is 5.35. The lowest BCUT2D eigenvalue weighted by Crippen LogP contribution is -2.30. The van der Waals surface area contributed by atoms with Gasteiger partial charge in [0.05, 0.1) is 13.1 Å². The molecular weight excluding hydrogens is 398 g/mol. The van der Waals surface area contributed by atoms with E-state index in [2.05, 4.69) is 10.5 Å². The number of thiophene rings is 1. The van der Waals surface area contributed by atoms with Gasteiger partial charge in [-0.25, -0.2) is 0 Å². The zero-order valence-corrected chi connectivity index (χ0v) is 18.2. The number of benzene rings is 1. The fourth-order valence-electron chi connectivity index (χ4n) is 2.95. The minimum absolute atomic E-state index is 0.0365. The highest BCUT2D eigenvalue weighted by molar-refractivity contribution is 7.09. The molecule has 0 saturated carbocycles. The summed E-state index contributed by atoms with van der Waals surface area (Å²) in [5.74, 6) is 0.617. The number of carbonyl (C=O) groups is 2. The molecule has 0 radical (unpaired) electrons. The van der Waals surface area contributed by atoms with Crippen LogP contribution in [0, 0.1) is 5.92 Å². The Hall–Kier alpha value is -2.93. The molecule has 6 nitrogen and oxygen atoms in total. The van der Waals surface area contributed by atoms with E-state index in [0.29, 0.717) is 37.6 Å². The van der Waals surface area contributed by atoms with Crippen LogP contribution in [-0.4, -0.2) is 28.4 Å². The number of aromatic nitrogens is 1. The molecular formula is C23H27N3O3S. The second kappa shape index (κ2) is 10.7. The minimum atomic E-state index is -0.265. The molecule has 3 aromatic rings. The number of amides is 2. The molecule has 0 bridgehead atoms. The van der Waals surface area contributed by atoms with Gasteiger partial charge in [0.15, 0.2) is 11.5 Å². The SMILES string of the molecule is CC(C)CNC(=O)c1cc(CN(Cc2cccs2)C(=O)CCc2ccccc2)on1. The van der Waals surface area contributed by atoms with Gasteiger partial charge in [0.2, 0.25) is 5.91 Å². The van der Waals surface area contributed by atoms with E-state index in [4.69, 9.17) is 4.52 Å². The van der Waals surface area contributed by atoms with Crippen LogP contribution in [0.3, 0.4) is 0 Å². The maximum Gasteiger partial charge on any atom is 0.273 e. The fourth-order valence-corrected chi connectivity index (χ4v) is 3.67. The number of carbonyl (C=O) groups excluding carboxylic acids is 2. The summed E-state index contributed by atoms with van der Waals surface area (Å²) in [6, 6.07) is 15.6. The summed E-state index contributed by atoms with van der Waals surface area (Å²) in [7, 11) is 0. The highest BCUT2D eigenvalue weighted by atomic mass is 32.1. The van der Waals surface area contributed by atoms with Crippen molar-refractivity contribution in [2.75, 3.05) is 6.54 Å². The molecule has 158 valence electrons. The standard InChI is InChI=1S/C23H27N3O3S/c1-17(2)14-24-23(28)21-13-19(29-25-21)15-26(16-20-9-6-12-30-20)22(27)11-10-18-7-4-3-5-8-18/h3-9,12-13,17H,10-11,14-16H2,1-2H3,(H,24,28). The lowest BCUT2D eigenvalue weighted by atomic mass is 10.1. The van der Waals surface area contributed by atoms with E-state index in [0.717, 1.165) is 10.4 Å². The largest absolute Gasteiger partial charge is 0.359 e. The van der Waals surface area contributed by atoms with Crippen molar-refractivity contribution in [2.45, 2.75) is 39.8 Å². The van der Waals surface area contributed by atoms with Crippen LogP contribution in [0.2, 0.25) is 0 Å². The van der Waals surface area contributed by atoms with Crippen molar-refractivity contribution in [1.82, 2.24) is 15.4 Å². The van der Waals surface area contributed by atoms with Gasteiger partial charge in [-0.2, -0.15) is 0 Å². The molecule has 1 N–H and O–H groups in total. The summed E-state index contributed by atoms with van der Waals surface area (Å²) in [6.45, 7) is 5.40. The molecule has 0 aliphatic rings. The Morgan fingerprint density at radius 3 is 2.63 bits per heavy atom. The van der Waals surface area contributed by atoms with Gasteiger partial charge >= 0.3 is 0 Å². The quantitative estimate of drug-likeness (QED) is 0.526. The predicted octanol–water partition coefficient (Wildman–Crippen LogP) is 4.28. The molecule has 7 heteroatoms. The Morgan fingerprint density at radius 2 is 1.93 bits per heavy atom. The number of hydrogen-bond acceptors (Lipinski definition) is 5. The van der Waals surface area contributed by atoms with Gasteiger partial charge in [-0.1, -0.05) is 55.4 Å². The Bertz CT molecular complexity index is 936. The lowest BCUT2D eigenvalue weighted by molar-refractivity contribution is -0.132. The molecule has 0 fully saturated rings. The van der Waals surface area contributed by atoms with Crippen molar-refractivity contribution in [3.05, 3.63) is 75.8 Å². The number of rotatable bonds is 10. The minimum Gasteiger partial charge on any atom is -0.359 e. The summed E-state index contributed by atoms with van der Waals surface area (Å²) >= 11 is 1.61. The van der Waals surface area contributed by atoms with Crippen LogP contribution in [0.1, 0.15) is 47.0 Å². The van der Waals surface area contributed by atoms with Gasteiger partial charge in [-0.15, -0.1) is 11.3 Å². The van der Waals surface area contributed by atoms with E-state index in [1.807, 2.05) is 61.7 Å². The van der Waals surface area contributed by atoms with E-state index < -0.39 is 0 Å². The number of hydrogen-bond donors (Lipinski definition) is 1. The second-order valence-electron chi connectivity index (χ2n) is 7.60. The molecule has 0 aliphatic heterocycles. The first kappa shape index (κ1) is 21.8. The third-order valence-corrected chi connectivity index (χ3v) is 5.42. The summed E-state index contributed by atoms with van der Waals surface area (Å²) in [4.78, 5) is 28.0. The van der Waals surface area contributed by atoms with Gasteiger partial charge in [0.1, 0.15) is 0 Å². The van der Waals surface area contributed by atoms with Crippen molar-refractivity contribution in [2.24, 2.45) is 5.92 Å². The zero-order chi connectivity index (χ0) is 21.3. The zero-order valence-electron chi connectivity index (χ0n) is 17.3. The molecule has 0 atom stereocenters. The Kier molecular flexibility index (Phi) is 7.79. The summed E-state index contributed by atoms with van der Waals surface area (Å²) in [6.07, 6.45) is 1.09.